The molecule has 0 aliphatic rings. The molecule has 0 rings (SSSR count). The van der Waals surface area contributed by atoms with Crippen molar-refractivity contribution in [3.8, 4) is 0 Å². The molecule has 0 bridgehead atoms. The van der Waals surface area contributed by atoms with Crippen molar-refractivity contribution in [2.45, 2.75) is 32.7 Å². The summed E-state index contributed by atoms with van der Waals surface area (Å²) in [6.45, 7) is 4.22. The largest absolute Gasteiger partial charge is 0.480 e. The normalized spacial score (nSPS) is 13.6. The molecule has 0 aliphatic heterocycles. The second kappa shape index (κ2) is 10.1. The molecule has 18 heavy (non-hydrogen) atoms. The van der Waals surface area contributed by atoms with E-state index in [2.05, 4.69) is 0 Å². The molecule has 0 fully saturated rings. The van der Waals surface area contributed by atoms with Gasteiger partial charge in [0.05, 0.1) is 0 Å². The second-order valence-electron chi connectivity index (χ2n) is 4.56. The summed E-state index contributed by atoms with van der Waals surface area (Å²) in [6.07, 6.45) is 1.05. The summed E-state index contributed by atoms with van der Waals surface area (Å²) in [7, 11) is 0. The highest BCUT2D eigenvalue weighted by molar-refractivity contribution is 5.85. The lowest BCUT2D eigenvalue weighted by atomic mass is 9.94. The van der Waals surface area contributed by atoms with Gasteiger partial charge in [0, 0.05) is 6.42 Å². The van der Waals surface area contributed by atoms with E-state index < -0.39 is 18.0 Å². The molecule has 5 N–H and O–H groups in total. The topological polar surface area (TPSA) is 116 Å². The van der Waals surface area contributed by atoms with Crippen LogP contribution in [0.1, 0.15) is 26.7 Å². The highest BCUT2D eigenvalue weighted by Gasteiger charge is 2.18. The Hall–Kier alpha value is -0.850. The molecule has 7 heteroatoms. The highest BCUT2D eigenvalue weighted by Crippen LogP contribution is 2.14. The first kappa shape index (κ1) is 19.5. The minimum atomic E-state index is -1.18. The Labute approximate surface area is 113 Å². The van der Waals surface area contributed by atoms with Crippen molar-refractivity contribution < 1.29 is 19.4 Å². The van der Waals surface area contributed by atoms with Crippen LogP contribution in [0.5, 0.6) is 0 Å². The monoisotopic (exact) mass is 282 g/mol. The third-order valence-electron chi connectivity index (χ3n) is 2.33. The number of ether oxygens (including phenoxy) is 1. The van der Waals surface area contributed by atoms with Gasteiger partial charge in [-0.25, -0.2) is 0 Å². The average molecular weight is 283 g/mol. The lowest BCUT2D eigenvalue weighted by Gasteiger charge is -2.16. The molecule has 6 nitrogen and oxygen atoms in total. The molecular weight excluding hydrogens is 260 g/mol. The molecule has 0 aromatic heterocycles. The minimum absolute atomic E-state index is 0. The Morgan fingerprint density at radius 3 is 2.28 bits per heavy atom. The van der Waals surface area contributed by atoms with Gasteiger partial charge in [0.2, 0.25) is 0 Å². The van der Waals surface area contributed by atoms with Gasteiger partial charge in [-0.2, -0.15) is 0 Å². The summed E-state index contributed by atoms with van der Waals surface area (Å²) < 4.78 is 4.78. The van der Waals surface area contributed by atoms with Gasteiger partial charge >= 0.3 is 11.9 Å². The van der Waals surface area contributed by atoms with E-state index in [1.165, 1.54) is 0 Å². The molecule has 0 heterocycles. The first-order valence-electron chi connectivity index (χ1n) is 5.70. The molecule has 0 amide bonds. The maximum atomic E-state index is 11.4. The van der Waals surface area contributed by atoms with Crippen LogP contribution in [0.2, 0.25) is 0 Å². The van der Waals surface area contributed by atoms with E-state index >= 15 is 0 Å². The van der Waals surface area contributed by atoms with E-state index in [9.17, 15) is 9.59 Å². The smallest absolute Gasteiger partial charge is 0.324 e. The summed E-state index contributed by atoms with van der Waals surface area (Å²) in [4.78, 5) is 21.8. The van der Waals surface area contributed by atoms with Crippen molar-refractivity contribution in [3.05, 3.63) is 0 Å². The highest BCUT2D eigenvalue weighted by atomic mass is 35.5. The number of hydrogen-bond donors (Lipinski definition) is 3. The average Bonchev–Trinajstić information content (AvgIpc) is 2.23. The van der Waals surface area contributed by atoms with Gasteiger partial charge in [0.1, 0.15) is 12.6 Å². The molecule has 0 spiro atoms. The van der Waals surface area contributed by atoms with Crippen LogP contribution < -0.4 is 11.5 Å². The van der Waals surface area contributed by atoms with Gasteiger partial charge in [-0.3, -0.25) is 9.59 Å². The summed E-state index contributed by atoms with van der Waals surface area (Å²) in [5.74, 6) is -1.10. The Bertz CT molecular complexity index is 261. The SMILES string of the molecule is CC(C)C[C@H](CN)CC(=O)OC[C@@H](N)C(=O)O.Cl. The molecule has 2 atom stereocenters. The maximum absolute atomic E-state index is 11.4. The lowest BCUT2D eigenvalue weighted by molar-refractivity contribution is -0.148. The molecular formula is C11H23ClN2O4. The molecule has 0 aromatic rings. The van der Waals surface area contributed by atoms with Gasteiger partial charge < -0.3 is 21.3 Å². The van der Waals surface area contributed by atoms with Crippen LogP contribution in [0, 0.1) is 11.8 Å². The van der Waals surface area contributed by atoms with Gasteiger partial charge in [0.25, 0.3) is 0 Å². The number of nitrogens with two attached hydrogens (primary N) is 2. The van der Waals surface area contributed by atoms with Crippen LogP contribution >= 0.6 is 12.4 Å². The van der Waals surface area contributed by atoms with Crippen molar-refractivity contribution in [3.63, 3.8) is 0 Å². The maximum Gasteiger partial charge on any atom is 0.324 e. The molecule has 0 saturated carbocycles. The molecule has 0 aliphatic carbocycles. The Morgan fingerprint density at radius 2 is 1.89 bits per heavy atom. The quantitative estimate of drug-likeness (QED) is 0.554. The zero-order chi connectivity index (χ0) is 13.4. The second-order valence-corrected chi connectivity index (χ2v) is 4.56. The first-order valence-corrected chi connectivity index (χ1v) is 5.70. The number of esters is 1. The zero-order valence-electron chi connectivity index (χ0n) is 10.8. The standard InChI is InChI=1S/C11H22N2O4.ClH/c1-7(2)3-8(5-12)4-10(14)17-6-9(13)11(15)16;/h7-9H,3-6,12-13H2,1-2H3,(H,15,16);1H/t8-,9+;/m0./s1. The van der Waals surface area contributed by atoms with Crippen LogP contribution in [0.4, 0.5) is 0 Å². The fraction of sp³-hybridized carbons (Fsp3) is 0.818. The zero-order valence-corrected chi connectivity index (χ0v) is 11.6. The van der Waals surface area contributed by atoms with Crippen molar-refractivity contribution in [1.29, 1.82) is 0 Å². The van der Waals surface area contributed by atoms with Gasteiger partial charge in [0.15, 0.2) is 0 Å². The Morgan fingerprint density at radius 1 is 1.33 bits per heavy atom. The Kier molecular flexibility index (Phi) is 10.9. The van der Waals surface area contributed by atoms with Crippen LogP contribution in [0.15, 0.2) is 0 Å². The van der Waals surface area contributed by atoms with Crippen molar-refractivity contribution in [1.82, 2.24) is 0 Å². The van der Waals surface area contributed by atoms with Crippen LogP contribution in [0.3, 0.4) is 0 Å². The number of halogens is 1. The summed E-state index contributed by atoms with van der Waals surface area (Å²) in [5.41, 5.74) is 10.8. The van der Waals surface area contributed by atoms with E-state index in [1.807, 2.05) is 13.8 Å². The van der Waals surface area contributed by atoms with Gasteiger partial charge in [-0.15, -0.1) is 12.4 Å². The summed E-state index contributed by atoms with van der Waals surface area (Å²) in [6, 6.07) is -1.17. The minimum Gasteiger partial charge on any atom is -0.480 e. The van der Waals surface area contributed by atoms with Gasteiger partial charge in [-0.1, -0.05) is 13.8 Å². The van der Waals surface area contributed by atoms with E-state index in [4.69, 9.17) is 21.3 Å². The number of carboxylic acid groups (broad SMARTS) is 1. The third kappa shape index (κ3) is 9.21. The number of hydrogen-bond acceptors (Lipinski definition) is 5. The van der Waals surface area contributed by atoms with Gasteiger partial charge in [-0.05, 0) is 24.8 Å². The van der Waals surface area contributed by atoms with E-state index in [-0.39, 0.29) is 31.4 Å². The molecule has 0 aromatic carbocycles. The predicted octanol–water partition coefficient (Wildman–Crippen LogP) is 0.374. The number of carbonyl (C=O) groups is 2. The van der Waals surface area contributed by atoms with Crippen molar-refractivity contribution >= 4 is 24.3 Å². The predicted molar refractivity (Wildman–Crippen MR) is 70.4 cm³/mol. The molecule has 0 saturated heterocycles. The molecule has 0 unspecified atom stereocenters. The first-order chi connectivity index (χ1) is 7.86. The number of carboxylic acids is 1. The number of rotatable bonds is 8. The summed E-state index contributed by atoms with van der Waals surface area (Å²) >= 11 is 0. The fourth-order valence-corrected chi connectivity index (χ4v) is 1.48. The van der Waals surface area contributed by atoms with E-state index in [0.717, 1.165) is 6.42 Å². The number of carbonyl (C=O) groups excluding carboxylic acids is 1. The van der Waals surface area contributed by atoms with Crippen molar-refractivity contribution in [2.75, 3.05) is 13.2 Å². The summed E-state index contributed by atoms with van der Waals surface area (Å²) in [5, 5.41) is 8.51. The van der Waals surface area contributed by atoms with Crippen LogP contribution in [-0.2, 0) is 14.3 Å². The van der Waals surface area contributed by atoms with Crippen LogP contribution in [-0.4, -0.2) is 36.2 Å². The molecule has 0 radical (unpaired) electrons. The van der Waals surface area contributed by atoms with Crippen LogP contribution in [0.25, 0.3) is 0 Å². The van der Waals surface area contributed by atoms with Crippen molar-refractivity contribution in [2.24, 2.45) is 23.3 Å². The fourth-order valence-electron chi connectivity index (χ4n) is 1.48. The molecule has 108 valence electrons. The van der Waals surface area contributed by atoms with E-state index in [1.54, 1.807) is 0 Å². The van der Waals surface area contributed by atoms with E-state index in [0.29, 0.717) is 12.5 Å². The third-order valence-corrected chi connectivity index (χ3v) is 2.33. The number of aliphatic carboxylic acids is 1. The lowest BCUT2D eigenvalue weighted by Crippen LogP contribution is -2.36. The Balaban J connectivity index is 0.